The van der Waals surface area contributed by atoms with Gasteiger partial charge in [-0.3, -0.25) is 0 Å². The molecule has 0 aromatic carbocycles. The molecule has 0 saturated heterocycles. The van der Waals surface area contributed by atoms with Crippen molar-refractivity contribution in [1.29, 1.82) is 0 Å². The standard InChI is InChI=1S/C8H10FN/c1-3-7-4-6(2)5-8(9)10-7/h4-5H,3H2,1-2H3. The summed E-state index contributed by atoms with van der Waals surface area (Å²) >= 11 is 0. The summed E-state index contributed by atoms with van der Waals surface area (Å²) < 4.78 is 12.5. The second-order valence-electron chi connectivity index (χ2n) is 2.31. The number of aromatic nitrogens is 1. The van der Waals surface area contributed by atoms with Gasteiger partial charge in [-0.1, -0.05) is 6.92 Å². The van der Waals surface area contributed by atoms with Crippen LogP contribution in [0.3, 0.4) is 0 Å². The Hall–Kier alpha value is -0.920. The maximum absolute atomic E-state index is 12.5. The fraction of sp³-hybridized carbons (Fsp3) is 0.375. The highest BCUT2D eigenvalue weighted by atomic mass is 19.1. The average Bonchev–Trinajstić information content (AvgIpc) is 1.85. The molecule has 1 rings (SSSR count). The summed E-state index contributed by atoms with van der Waals surface area (Å²) in [6.07, 6.45) is 0.790. The Morgan fingerprint density at radius 1 is 1.50 bits per heavy atom. The highest BCUT2D eigenvalue weighted by Crippen LogP contribution is 2.03. The zero-order valence-corrected chi connectivity index (χ0v) is 6.19. The summed E-state index contributed by atoms with van der Waals surface area (Å²) in [5, 5.41) is 0. The number of hydrogen-bond acceptors (Lipinski definition) is 1. The summed E-state index contributed by atoms with van der Waals surface area (Å²) in [6, 6.07) is 3.32. The van der Waals surface area contributed by atoms with Gasteiger partial charge < -0.3 is 0 Å². The van der Waals surface area contributed by atoms with Crippen LogP contribution in [0.2, 0.25) is 0 Å². The number of halogens is 1. The molecule has 0 aliphatic rings. The van der Waals surface area contributed by atoms with Crippen LogP contribution in [-0.2, 0) is 6.42 Å². The van der Waals surface area contributed by atoms with E-state index in [0.29, 0.717) is 0 Å². The summed E-state index contributed by atoms with van der Waals surface area (Å²) in [5.74, 6) is -0.378. The summed E-state index contributed by atoms with van der Waals surface area (Å²) in [6.45, 7) is 3.82. The van der Waals surface area contributed by atoms with E-state index in [-0.39, 0.29) is 5.95 Å². The van der Waals surface area contributed by atoms with Crippen LogP contribution in [0.5, 0.6) is 0 Å². The van der Waals surface area contributed by atoms with Crippen LogP contribution < -0.4 is 0 Å². The highest BCUT2D eigenvalue weighted by molar-refractivity contribution is 5.15. The van der Waals surface area contributed by atoms with E-state index in [9.17, 15) is 4.39 Å². The van der Waals surface area contributed by atoms with Gasteiger partial charge in [0.25, 0.3) is 0 Å². The molecule has 1 heterocycles. The first-order valence-electron chi connectivity index (χ1n) is 3.35. The van der Waals surface area contributed by atoms with Crippen molar-refractivity contribution in [3.8, 4) is 0 Å². The Kier molecular flexibility index (Phi) is 2.00. The molecule has 0 aliphatic heterocycles. The van der Waals surface area contributed by atoms with Crippen molar-refractivity contribution in [3.05, 3.63) is 29.3 Å². The van der Waals surface area contributed by atoms with Gasteiger partial charge in [-0.15, -0.1) is 0 Å². The molecule has 2 heteroatoms. The molecular formula is C8H10FN. The van der Waals surface area contributed by atoms with Gasteiger partial charge >= 0.3 is 0 Å². The molecule has 10 heavy (non-hydrogen) atoms. The topological polar surface area (TPSA) is 12.9 Å². The summed E-state index contributed by atoms with van der Waals surface area (Å²) in [4.78, 5) is 3.69. The minimum atomic E-state index is -0.378. The maximum Gasteiger partial charge on any atom is 0.213 e. The van der Waals surface area contributed by atoms with Crippen LogP contribution in [0.4, 0.5) is 4.39 Å². The SMILES string of the molecule is CCc1cc(C)cc(F)n1. The lowest BCUT2D eigenvalue weighted by atomic mass is 10.2. The second-order valence-corrected chi connectivity index (χ2v) is 2.31. The molecule has 0 atom stereocenters. The van der Waals surface area contributed by atoms with E-state index in [1.165, 1.54) is 6.07 Å². The van der Waals surface area contributed by atoms with Crippen molar-refractivity contribution in [3.63, 3.8) is 0 Å². The van der Waals surface area contributed by atoms with Gasteiger partial charge in [0.15, 0.2) is 0 Å². The number of pyridine rings is 1. The Bertz CT molecular complexity index is 212. The lowest BCUT2D eigenvalue weighted by Crippen LogP contribution is -1.91. The molecule has 0 radical (unpaired) electrons. The van der Waals surface area contributed by atoms with Crippen molar-refractivity contribution < 1.29 is 4.39 Å². The minimum Gasteiger partial charge on any atom is -0.225 e. The first-order valence-corrected chi connectivity index (χ1v) is 3.35. The van der Waals surface area contributed by atoms with Gasteiger partial charge in [-0.05, 0) is 31.0 Å². The van der Waals surface area contributed by atoms with E-state index in [1.54, 1.807) is 0 Å². The van der Waals surface area contributed by atoms with Gasteiger partial charge in [0.05, 0.1) is 0 Å². The molecule has 0 aliphatic carbocycles. The van der Waals surface area contributed by atoms with Crippen molar-refractivity contribution in [2.45, 2.75) is 20.3 Å². The van der Waals surface area contributed by atoms with Crippen molar-refractivity contribution in [2.24, 2.45) is 0 Å². The minimum absolute atomic E-state index is 0.378. The van der Waals surface area contributed by atoms with E-state index in [2.05, 4.69) is 4.98 Å². The van der Waals surface area contributed by atoms with E-state index < -0.39 is 0 Å². The van der Waals surface area contributed by atoms with Gasteiger partial charge in [0.2, 0.25) is 5.95 Å². The molecule has 0 unspecified atom stereocenters. The third kappa shape index (κ3) is 1.53. The maximum atomic E-state index is 12.5. The summed E-state index contributed by atoms with van der Waals surface area (Å²) in [7, 11) is 0. The first kappa shape index (κ1) is 7.19. The van der Waals surface area contributed by atoms with Crippen LogP contribution in [0.15, 0.2) is 12.1 Å². The Morgan fingerprint density at radius 2 is 2.20 bits per heavy atom. The largest absolute Gasteiger partial charge is 0.225 e. The third-order valence-electron chi connectivity index (χ3n) is 1.35. The van der Waals surface area contributed by atoms with E-state index in [0.717, 1.165) is 17.7 Å². The smallest absolute Gasteiger partial charge is 0.213 e. The third-order valence-corrected chi connectivity index (χ3v) is 1.35. The summed E-state index contributed by atoms with van der Waals surface area (Å²) in [5.41, 5.74) is 1.75. The molecule has 1 nitrogen and oxygen atoms in total. The van der Waals surface area contributed by atoms with Crippen LogP contribution >= 0.6 is 0 Å². The number of hydrogen-bond donors (Lipinski definition) is 0. The normalized spacial score (nSPS) is 9.90. The van der Waals surface area contributed by atoms with E-state index in [1.807, 2.05) is 19.9 Å². The van der Waals surface area contributed by atoms with Crippen LogP contribution in [0.25, 0.3) is 0 Å². The molecule has 54 valence electrons. The quantitative estimate of drug-likeness (QED) is 0.543. The predicted molar refractivity (Wildman–Crippen MR) is 38.3 cm³/mol. The van der Waals surface area contributed by atoms with Crippen LogP contribution in [-0.4, -0.2) is 4.98 Å². The van der Waals surface area contributed by atoms with Crippen molar-refractivity contribution in [1.82, 2.24) is 4.98 Å². The lowest BCUT2D eigenvalue weighted by molar-refractivity contribution is 0.576. The number of aryl methyl sites for hydroxylation is 2. The molecule has 1 aromatic heterocycles. The van der Waals surface area contributed by atoms with Crippen molar-refractivity contribution >= 4 is 0 Å². The van der Waals surface area contributed by atoms with Crippen molar-refractivity contribution in [2.75, 3.05) is 0 Å². The molecule has 0 spiro atoms. The Labute approximate surface area is 59.9 Å². The predicted octanol–water partition coefficient (Wildman–Crippen LogP) is 2.09. The number of nitrogens with zero attached hydrogens (tertiary/aromatic N) is 1. The molecule has 1 aromatic rings. The Morgan fingerprint density at radius 3 is 2.70 bits per heavy atom. The molecule has 0 amide bonds. The van der Waals surface area contributed by atoms with Gasteiger partial charge in [0, 0.05) is 5.69 Å². The number of rotatable bonds is 1. The molecular weight excluding hydrogens is 129 g/mol. The Balaban J connectivity index is 3.06. The van der Waals surface area contributed by atoms with E-state index in [4.69, 9.17) is 0 Å². The van der Waals surface area contributed by atoms with Crippen LogP contribution in [0, 0.1) is 12.9 Å². The second kappa shape index (κ2) is 2.78. The molecule has 0 N–H and O–H groups in total. The molecule has 0 saturated carbocycles. The average molecular weight is 139 g/mol. The monoisotopic (exact) mass is 139 g/mol. The van der Waals surface area contributed by atoms with Gasteiger partial charge in [-0.25, -0.2) is 4.98 Å². The van der Waals surface area contributed by atoms with Crippen LogP contribution in [0.1, 0.15) is 18.2 Å². The molecule has 0 fully saturated rings. The first-order chi connectivity index (χ1) is 4.72. The zero-order chi connectivity index (χ0) is 7.56. The molecule has 0 bridgehead atoms. The fourth-order valence-corrected chi connectivity index (χ4v) is 0.875. The van der Waals surface area contributed by atoms with Gasteiger partial charge in [-0.2, -0.15) is 4.39 Å². The van der Waals surface area contributed by atoms with E-state index >= 15 is 0 Å². The highest BCUT2D eigenvalue weighted by Gasteiger charge is 1.95. The fourth-order valence-electron chi connectivity index (χ4n) is 0.875. The lowest BCUT2D eigenvalue weighted by Gasteiger charge is -1.96. The zero-order valence-electron chi connectivity index (χ0n) is 6.19. The van der Waals surface area contributed by atoms with Gasteiger partial charge in [0.1, 0.15) is 0 Å².